The molecule has 0 aliphatic heterocycles. The molecule has 0 spiro atoms. The zero-order valence-electron chi connectivity index (χ0n) is 14.2. The fourth-order valence-electron chi connectivity index (χ4n) is 2.83. The molecule has 0 amide bonds. The number of aryl methyl sites for hydroxylation is 2. The van der Waals surface area contributed by atoms with Gasteiger partial charge in [-0.3, -0.25) is 15.8 Å². The quantitative estimate of drug-likeness (QED) is 0.762. The molecule has 3 rings (SSSR count). The first-order valence-electron chi connectivity index (χ1n) is 8.33. The first-order chi connectivity index (χ1) is 11.1. The van der Waals surface area contributed by atoms with E-state index in [1.807, 2.05) is 19.9 Å². The van der Waals surface area contributed by atoms with Crippen molar-refractivity contribution in [3.8, 4) is 0 Å². The molecule has 23 heavy (non-hydrogen) atoms. The summed E-state index contributed by atoms with van der Waals surface area (Å²) in [7, 11) is 0. The van der Waals surface area contributed by atoms with Crippen LogP contribution in [0, 0.1) is 17.7 Å². The lowest BCUT2D eigenvalue weighted by atomic mass is 10.0. The summed E-state index contributed by atoms with van der Waals surface area (Å²) in [5.41, 5.74) is 6.92. The van der Waals surface area contributed by atoms with Gasteiger partial charge in [0, 0.05) is 12.3 Å². The van der Waals surface area contributed by atoms with Crippen LogP contribution in [0.25, 0.3) is 0 Å². The average molecular weight is 307 g/mol. The summed E-state index contributed by atoms with van der Waals surface area (Å²) in [5.74, 6) is 0. The third kappa shape index (κ3) is 4.13. The number of hydrogen-bond acceptors (Lipinski definition) is 3. The minimum absolute atomic E-state index is 0.283. The molecule has 0 saturated heterocycles. The molecule has 0 atom stereocenters. The van der Waals surface area contributed by atoms with E-state index in [4.69, 9.17) is 15.8 Å². The molecule has 2 aliphatic rings. The molecule has 1 aromatic rings. The van der Waals surface area contributed by atoms with Crippen molar-refractivity contribution in [2.45, 2.75) is 40.0 Å². The topological polar surface area (TPSA) is 60.1 Å². The Morgan fingerprint density at radius 1 is 1.04 bits per heavy atom. The van der Waals surface area contributed by atoms with E-state index in [-0.39, 0.29) is 5.71 Å². The summed E-state index contributed by atoms with van der Waals surface area (Å²) in [6, 6.07) is 6.60. The van der Waals surface area contributed by atoms with E-state index in [0.29, 0.717) is 5.71 Å². The molecule has 0 unspecified atom stereocenters. The van der Waals surface area contributed by atoms with Crippen molar-refractivity contribution in [1.29, 1.82) is 10.8 Å². The number of nitrogens with one attached hydrogen (secondary N) is 2. The number of rotatable bonds is 3. The van der Waals surface area contributed by atoms with E-state index in [0.717, 1.165) is 31.4 Å². The fourth-order valence-corrected chi connectivity index (χ4v) is 2.83. The Morgan fingerprint density at radius 2 is 1.83 bits per heavy atom. The van der Waals surface area contributed by atoms with E-state index in [9.17, 15) is 0 Å². The van der Waals surface area contributed by atoms with Crippen LogP contribution in [0.2, 0.25) is 0 Å². The molecule has 0 heterocycles. The normalized spacial score (nSPS) is 17.7. The largest absolute Gasteiger partial charge is 0.299 e. The summed E-state index contributed by atoms with van der Waals surface area (Å²) >= 11 is 0. The van der Waals surface area contributed by atoms with Crippen LogP contribution in [0.1, 0.15) is 43.4 Å². The zero-order valence-corrected chi connectivity index (χ0v) is 14.2. The molecule has 0 aromatic heterocycles. The van der Waals surface area contributed by atoms with Crippen LogP contribution in [-0.4, -0.2) is 23.7 Å². The summed E-state index contributed by atoms with van der Waals surface area (Å²) in [4.78, 5) is 4.75. The van der Waals surface area contributed by atoms with Crippen molar-refractivity contribution < 1.29 is 0 Å². The second-order valence-corrected chi connectivity index (χ2v) is 5.62. The molecule has 1 aromatic carbocycles. The van der Waals surface area contributed by atoms with E-state index >= 15 is 0 Å². The summed E-state index contributed by atoms with van der Waals surface area (Å²) in [6.45, 7) is 6.88. The summed E-state index contributed by atoms with van der Waals surface area (Å²) < 4.78 is 0. The maximum atomic E-state index is 7.66. The van der Waals surface area contributed by atoms with Gasteiger partial charge < -0.3 is 0 Å². The lowest BCUT2D eigenvalue weighted by molar-refractivity contribution is 0.963. The predicted octanol–water partition coefficient (Wildman–Crippen LogP) is 4.68. The lowest BCUT2D eigenvalue weighted by Gasteiger charge is -2.07. The number of nitrogens with zero attached hydrogens (tertiary/aromatic N) is 1. The molecule has 0 fully saturated rings. The van der Waals surface area contributed by atoms with Crippen molar-refractivity contribution in [1.82, 2.24) is 0 Å². The van der Waals surface area contributed by atoms with Crippen molar-refractivity contribution in [2.75, 3.05) is 6.54 Å². The summed E-state index contributed by atoms with van der Waals surface area (Å²) in [5, 5.41) is 15.2. The van der Waals surface area contributed by atoms with Crippen LogP contribution >= 0.6 is 0 Å². The van der Waals surface area contributed by atoms with Crippen LogP contribution in [0.15, 0.2) is 47.0 Å². The number of fused-ring (bicyclic) bond motifs is 1. The maximum absolute atomic E-state index is 7.66. The molecular formula is C20H25N3. The van der Waals surface area contributed by atoms with Gasteiger partial charge in [0.25, 0.3) is 0 Å². The third-order valence-corrected chi connectivity index (χ3v) is 3.99. The smallest absolute Gasteiger partial charge is 0.0791 e. The molecular weight excluding hydrogens is 282 g/mol. The first-order valence-corrected chi connectivity index (χ1v) is 8.33. The molecule has 2 aliphatic carbocycles. The SMILES string of the molecule is CC.Cc1ccc2c(c1)CCC2=NCCC1=CC(=N)C(=N)C=C1. The van der Waals surface area contributed by atoms with Gasteiger partial charge in [-0.15, -0.1) is 0 Å². The average Bonchev–Trinajstić information content (AvgIpc) is 2.95. The van der Waals surface area contributed by atoms with Gasteiger partial charge in [0.15, 0.2) is 0 Å². The van der Waals surface area contributed by atoms with Gasteiger partial charge in [0.1, 0.15) is 0 Å². The highest BCUT2D eigenvalue weighted by molar-refractivity contribution is 6.49. The Labute approximate surface area is 138 Å². The predicted molar refractivity (Wildman–Crippen MR) is 99.5 cm³/mol. The van der Waals surface area contributed by atoms with Gasteiger partial charge in [-0.25, -0.2) is 0 Å². The van der Waals surface area contributed by atoms with E-state index in [2.05, 4.69) is 25.1 Å². The van der Waals surface area contributed by atoms with Crippen LogP contribution in [0.3, 0.4) is 0 Å². The Hall–Kier alpha value is -2.29. The Balaban J connectivity index is 0.000000924. The van der Waals surface area contributed by atoms with Gasteiger partial charge in [-0.05, 0) is 55.0 Å². The highest BCUT2D eigenvalue weighted by Gasteiger charge is 2.17. The highest BCUT2D eigenvalue weighted by atomic mass is 14.7. The standard InChI is InChI=1S/C18H19N3.C2H6/c1-12-2-5-15-14(10-12)4-7-18(15)21-9-8-13-3-6-16(19)17(20)11-13;1-2/h2-3,5-6,10-11,19-20H,4,7-9H2,1H3;1-2H3. The van der Waals surface area contributed by atoms with Gasteiger partial charge in [-0.2, -0.15) is 0 Å². The molecule has 3 nitrogen and oxygen atoms in total. The van der Waals surface area contributed by atoms with Crippen LogP contribution in [-0.2, 0) is 6.42 Å². The molecule has 0 bridgehead atoms. The molecule has 0 radical (unpaired) electrons. The van der Waals surface area contributed by atoms with Crippen molar-refractivity contribution in [3.63, 3.8) is 0 Å². The van der Waals surface area contributed by atoms with E-state index < -0.39 is 0 Å². The monoisotopic (exact) mass is 307 g/mol. The minimum atomic E-state index is 0.283. The number of aliphatic imine (C=N–C) groups is 1. The molecule has 120 valence electrons. The summed E-state index contributed by atoms with van der Waals surface area (Å²) in [6.07, 6.45) is 8.35. The number of hydrogen-bond donors (Lipinski definition) is 2. The molecule has 2 N–H and O–H groups in total. The van der Waals surface area contributed by atoms with Gasteiger partial charge in [-0.1, -0.05) is 43.7 Å². The minimum Gasteiger partial charge on any atom is -0.299 e. The number of benzene rings is 1. The molecule has 0 saturated carbocycles. The van der Waals surface area contributed by atoms with Crippen molar-refractivity contribution in [3.05, 3.63) is 58.7 Å². The fraction of sp³-hybridized carbons (Fsp3) is 0.350. The van der Waals surface area contributed by atoms with Crippen molar-refractivity contribution >= 4 is 17.1 Å². The molecule has 3 heteroatoms. The second kappa shape index (κ2) is 7.82. The Bertz CT molecular complexity index is 706. The third-order valence-electron chi connectivity index (χ3n) is 3.99. The zero-order chi connectivity index (χ0) is 16.8. The highest BCUT2D eigenvalue weighted by Crippen LogP contribution is 2.24. The van der Waals surface area contributed by atoms with Gasteiger partial charge in [0.2, 0.25) is 0 Å². The lowest BCUT2D eigenvalue weighted by Crippen LogP contribution is -2.10. The van der Waals surface area contributed by atoms with Crippen LogP contribution < -0.4 is 0 Å². The van der Waals surface area contributed by atoms with Crippen LogP contribution in [0.5, 0.6) is 0 Å². The van der Waals surface area contributed by atoms with Crippen molar-refractivity contribution in [2.24, 2.45) is 4.99 Å². The Morgan fingerprint density at radius 3 is 2.57 bits per heavy atom. The van der Waals surface area contributed by atoms with Gasteiger partial charge >= 0.3 is 0 Å². The maximum Gasteiger partial charge on any atom is 0.0791 e. The van der Waals surface area contributed by atoms with E-state index in [1.54, 1.807) is 12.2 Å². The van der Waals surface area contributed by atoms with E-state index in [1.165, 1.54) is 22.4 Å². The first kappa shape index (κ1) is 17.1. The van der Waals surface area contributed by atoms with Crippen LogP contribution in [0.4, 0.5) is 0 Å². The number of allylic oxidation sites excluding steroid dienone is 3. The second-order valence-electron chi connectivity index (χ2n) is 5.62. The Kier molecular flexibility index (Phi) is 5.80. The van der Waals surface area contributed by atoms with Gasteiger partial charge in [0.05, 0.1) is 11.4 Å².